The molecule has 0 aliphatic heterocycles. The number of carbonyl (C=O) groups excluding carboxylic acids is 2. The summed E-state index contributed by atoms with van der Waals surface area (Å²) in [6.45, 7) is 0. The van der Waals surface area contributed by atoms with Crippen molar-refractivity contribution in [2.24, 2.45) is 0 Å². The van der Waals surface area contributed by atoms with Gasteiger partial charge in [0, 0.05) is 29.0 Å². The summed E-state index contributed by atoms with van der Waals surface area (Å²) in [6, 6.07) is 4.55. The smallest absolute Gasteiger partial charge is 0.340 e. The van der Waals surface area contributed by atoms with Gasteiger partial charge in [0.05, 0.1) is 38.1 Å². The largest absolute Gasteiger partial charge is 0.493 e. The number of esters is 1. The topological polar surface area (TPSA) is 86.8 Å². The molecule has 0 spiro atoms. The van der Waals surface area contributed by atoms with Crippen molar-refractivity contribution in [2.45, 2.75) is 0 Å². The SMILES string of the molecule is COC(=O)c1cc(OC)c(OC)cc1NC(=O)c1cncc(Br)c1. The van der Waals surface area contributed by atoms with Crippen molar-refractivity contribution in [3.63, 3.8) is 0 Å². The highest BCUT2D eigenvalue weighted by atomic mass is 79.9. The van der Waals surface area contributed by atoms with Crippen molar-refractivity contribution in [3.8, 4) is 11.5 Å². The van der Waals surface area contributed by atoms with Crippen LogP contribution in [0.25, 0.3) is 0 Å². The number of hydrogen-bond donors (Lipinski definition) is 1. The van der Waals surface area contributed by atoms with Gasteiger partial charge in [-0.25, -0.2) is 4.79 Å². The fraction of sp³-hybridized carbons (Fsp3) is 0.188. The van der Waals surface area contributed by atoms with E-state index in [1.54, 1.807) is 12.3 Å². The maximum Gasteiger partial charge on any atom is 0.340 e. The van der Waals surface area contributed by atoms with Gasteiger partial charge in [-0.1, -0.05) is 0 Å². The molecule has 0 fully saturated rings. The number of hydrogen-bond acceptors (Lipinski definition) is 6. The minimum atomic E-state index is -0.612. The van der Waals surface area contributed by atoms with E-state index in [2.05, 4.69) is 26.2 Å². The number of nitrogens with one attached hydrogen (secondary N) is 1. The molecule has 1 heterocycles. The third-order valence-corrected chi connectivity index (χ3v) is 3.58. The van der Waals surface area contributed by atoms with Gasteiger partial charge < -0.3 is 19.5 Å². The Balaban J connectivity index is 2.43. The molecule has 1 aromatic carbocycles. The van der Waals surface area contributed by atoms with Gasteiger partial charge in [-0.3, -0.25) is 9.78 Å². The van der Waals surface area contributed by atoms with E-state index in [4.69, 9.17) is 14.2 Å². The molecule has 0 radical (unpaired) electrons. The van der Waals surface area contributed by atoms with Crippen molar-refractivity contribution in [3.05, 3.63) is 46.2 Å². The van der Waals surface area contributed by atoms with Gasteiger partial charge in [0.25, 0.3) is 5.91 Å². The Morgan fingerprint density at radius 3 is 2.29 bits per heavy atom. The van der Waals surface area contributed by atoms with Gasteiger partial charge >= 0.3 is 5.97 Å². The van der Waals surface area contributed by atoms with E-state index in [0.29, 0.717) is 21.5 Å². The molecule has 0 aliphatic rings. The lowest BCUT2D eigenvalue weighted by Gasteiger charge is -2.14. The molecule has 1 N–H and O–H groups in total. The molecule has 0 aliphatic carbocycles. The molecule has 0 atom stereocenters. The predicted molar refractivity (Wildman–Crippen MR) is 90.8 cm³/mol. The molecule has 0 bridgehead atoms. The highest BCUT2D eigenvalue weighted by Crippen LogP contribution is 2.34. The molecular weight excluding hydrogens is 380 g/mol. The molecule has 24 heavy (non-hydrogen) atoms. The van der Waals surface area contributed by atoms with Crippen LogP contribution in [0.3, 0.4) is 0 Å². The number of halogens is 1. The molecule has 0 saturated carbocycles. The number of pyridine rings is 1. The van der Waals surface area contributed by atoms with E-state index < -0.39 is 11.9 Å². The van der Waals surface area contributed by atoms with Gasteiger partial charge in [-0.2, -0.15) is 0 Å². The van der Waals surface area contributed by atoms with Crippen molar-refractivity contribution in [1.82, 2.24) is 4.98 Å². The van der Waals surface area contributed by atoms with Gasteiger partial charge in [-0.15, -0.1) is 0 Å². The average molecular weight is 395 g/mol. The van der Waals surface area contributed by atoms with Gasteiger partial charge in [0.1, 0.15) is 0 Å². The van der Waals surface area contributed by atoms with E-state index in [9.17, 15) is 9.59 Å². The Kier molecular flexibility index (Phi) is 5.75. The number of rotatable bonds is 5. The van der Waals surface area contributed by atoms with Crippen LogP contribution in [0.1, 0.15) is 20.7 Å². The second-order valence-corrected chi connectivity index (χ2v) is 5.51. The zero-order valence-electron chi connectivity index (χ0n) is 13.3. The molecule has 1 aromatic heterocycles. The van der Waals surface area contributed by atoms with Crippen molar-refractivity contribution >= 4 is 33.5 Å². The van der Waals surface area contributed by atoms with Gasteiger partial charge in [-0.05, 0) is 22.0 Å². The van der Waals surface area contributed by atoms with Crippen molar-refractivity contribution < 1.29 is 23.8 Å². The standard InChI is InChI=1S/C16H15BrN2O5/c1-22-13-5-11(16(21)24-3)12(6-14(13)23-2)19-15(20)9-4-10(17)8-18-7-9/h4-8H,1-3H3,(H,19,20). The number of methoxy groups -OCH3 is 3. The monoisotopic (exact) mass is 394 g/mol. The van der Waals surface area contributed by atoms with E-state index in [1.165, 1.54) is 39.7 Å². The number of anilines is 1. The summed E-state index contributed by atoms with van der Waals surface area (Å²) < 4.78 is 15.8. The molecule has 2 rings (SSSR count). The number of nitrogens with zero attached hydrogens (tertiary/aromatic N) is 1. The van der Waals surface area contributed by atoms with Crippen LogP contribution in [-0.4, -0.2) is 38.2 Å². The first-order valence-electron chi connectivity index (χ1n) is 6.76. The maximum atomic E-state index is 12.4. The first kappa shape index (κ1) is 17.7. The van der Waals surface area contributed by atoms with E-state index in [-0.39, 0.29) is 11.3 Å². The molecule has 126 valence electrons. The van der Waals surface area contributed by atoms with E-state index in [0.717, 1.165) is 0 Å². The molecule has 7 nitrogen and oxygen atoms in total. The fourth-order valence-electron chi connectivity index (χ4n) is 1.99. The number of amides is 1. The first-order valence-corrected chi connectivity index (χ1v) is 7.55. The van der Waals surface area contributed by atoms with Crippen LogP contribution >= 0.6 is 15.9 Å². The second kappa shape index (κ2) is 7.78. The molecule has 0 saturated heterocycles. The van der Waals surface area contributed by atoms with Crippen LogP contribution < -0.4 is 14.8 Å². The average Bonchev–Trinajstić information content (AvgIpc) is 2.60. The Labute approximate surface area is 147 Å². The summed E-state index contributed by atoms with van der Waals surface area (Å²) in [7, 11) is 4.16. The quantitative estimate of drug-likeness (QED) is 0.784. The number of benzene rings is 1. The first-order chi connectivity index (χ1) is 11.5. The summed E-state index contributed by atoms with van der Waals surface area (Å²) in [5.41, 5.74) is 0.714. The van der Waals surface area contributed by atoms with Crippen LogP contribution in [0, 0.1) is 0 Å². The van der Waals surface area contributed by atoms with Gasteiger partial charge in [0.2, 0.25) is 0 Å². The number of ether oxygens (including phenoxy) is 3. The highest BCUT2D eigenvalue weighted by molar-refractivity contribution is 9.10. The van der Waals surface area contributed by atoms with Crippen molar-refractivity contribution in [1.29, 1.82) is 0 Å². The zero-order valence-corrected chi connectivity index (χ0v) is 14.8. The van der Waals surface area contributed by atoms with E-state index in [1.807, 2.05) is 0 Å². The lowest BCUT2D eigenvalue weighted by molar-refractivity contribution is 0.0601. The molecule has 1 amide bonds. The molecule has 0 unspecified atom stereocenters. The third kappa shape index (κ3) is 3.83. The van der Waals surface area contributed by atoms with E-state index >= 15 is 0 Å². The zero-order chi connectivity index (χ0) is 17.7. The number of carbonyl (C=O) groups is 2. The predicted octanol–water partition coefficient (Wildman–Crippen LogP) is 2.90. The second-order valence-electron chi connectivity index (χ2n) is 4.59. The van der Waals surface area contributed by atoms with Crippen LogP contribution in [0.2, 0.25) is 0 Å². The summed E-state index contributed by atoms with van der Waals surface area (Å²) in [4.78, 5) is 28.3. The van der Waals surface area contributed by atoms with Crippen LogP contribution in [0.15, 0.2) is 35.1 Å². The Hall–Kier alpha value is -2.61. The molecule has 2 aromatic rings. The molecule has 8 heteroatoms. The highest BCUT2D eigenvalue weighted by Gasteiger charge is 2.19. The minimum absolute atomic E-state index is 0.145. The normalized spacial score (nSPS) is 10.0. The Bertz CT molecular complexity index is 779. The Morgan fingerprint density at radius 2 is 1.71 bits per heavy atom. The maximum absolute atomic E-state index is 12.4. The lowest BCUT2D eigenvalue weighted by Crippen LogP contribution is -2.16. The summed E-state index contributed by atoms with van der Waals surface area (Å²) in [6.07, 6.45) is 2.98. The fourth-order valence-corrected chi connectivity index (χ4v) is 2.36. The summed E-state index contributed by atoms with van der Waals surface area (Å²) >= 11 is 3.25. The van der Waals surface area contributed by atoms with Crippen LogP contribution in [0.5, 0.6) is 11.5 Å². The van der Waals surface area contributed by atoms with Crippen LogP contribution in [0.4, 0.5) is 5.69 Å². The minimum Gasteiger partial charge on any atom is -0.493 e. The third-order valence-electron chi connectivity index (χ3n) is 3.14. The Morgan fingerprint density at radius 1 is 1.04 bits per heavy atom. The number of aromatic nitrogens is 1. The molecular formula is C16H15BrN2O5. The summed E-state index contributed by atoms with van der Waals surface area (Å²) in [5.74, 6) is -0.326. The summed E-state index contributed by atoms with van der Waals surface area (Å²) in [5, 5.41) is 2.66. The van der Waals surface area contributed by atoms with Gasteiger partial charge in [0.15, 0.2) is 11.5 Å². The van der Waals surface area contributed by atoms with Crippen molar-refractivity contribution in [2.75, 3.05) is 26.6 Å². The lowest BCUT2D eigenvalue weighted by atomic mass is 10.1. The van der Waals surface area contributed by atoms with Crippen LogP contribution in [-0.2, 0) is 4.74 Å².